The minimum atomic E-state index is -4.61. The molecule has 3 heterocycles. The van der Waals surface area contributed by atoms with Crippen LogP contribution in [-0.2, 0) is 23.9 Å². The number of halogens is 3. The second-order valence-corrected chi connectivity index (χ2v) is 6.81. The Morgan fingerprint density at radius 2 is 2.12 bits per heavy atom. The van der Waals surface area contributed by atoms with Crippen LogP contribution in [0.1, 0.15) is 23.0 Å². The van der Waals surface area contributed by atoms with E-state index < -0.39 is 12.0 Å². The van der Waals surface area contributed by atoms with Crippen LogP contribution in [0.2, 0.25) is 0 Å². The van der Waals surface area contributed by atoms with Gasteiger partial charge in [-0.3, -0.25) is 9.69 Å². The summed E-state index contributed by atoms with van der Waals surface area (Å²) in [5.74, 6) is -1.25. The van der Waals surface area contributed by atoms with Crippen LogP contribution in [0.25, 0.3) is 0 Å². The van der Waals surface area contributed by atoms with Gasteiger partial charge < -0.3 is 9.42 Å². The van der Waals surface area contributed by atoms with Crippen LogP contribution in [0.5, 0.6) is 0 Å². The van der Waals surface area contributed by atoms with E-state index in [0.29, 0.717) is 32.6 Å². The molecule has 0 atom stereocenters. The molecule has 0 bridgehead atoms. The van der Waals surface area contributed by atoms with Crippen LogP contribution in [-0.4, -0.2) is 52.0 Å². The van der Waals surface area contributed by atoms with Gasteiger partial charge in [0.15, 0.2) is 0 Å². The summed E-state index contributed by atoms with van der Waals surface area (Å²) in [6.45, 7) is 2.53. The molecule has 0 radical (unpaired) electrons. The molecule has 0 aliphatic carbocycles. The summed E-state index contributed by atoms with van der Waals surface area (Å²) >= 11 is 1.55. The molecule has 0 aromatic carbocycles. The van der Waals surface area contributed by atoms with Crippen LogP contribution in [0.4, 0.5) is 13.2 Å². The number of hydrogen-bond donors (Lipinski definition) is 0. The number of thiophene rings is 1. The molecule has 136 valence electrons. The third kappa shape index (κ3) is 4.79. The fourth-order valence-corrected chi connectivity index (χ4v) is 3.37. The van der Waals surface area contributed by atoms with Crippen molar-refractivity contribution in [2.45, 2.75) is 25.6 Å². The lowest BCUT2D eigenvalue weighted by Gasteiger charge is -2.21. The number of rotatable bonds is 4. The van der Waals surface area contributed by atoms with Gasteiger partial charge in [-0.05, 0) is 17.9 Å². The number of carbonyl (C=O) groups is 1. The molecule has 6 nitrogen and oxygen atoms in total. The lowest BCUT2D eigenvalue weighted by atomic mass is 10.3. The normalized spacial score (nSPS) is 16.8. The Bertz CT molecular complexity index is 702. The van der Waals surface area contributed by atoms with Gasteiger partial charge in [0.05, 0.1) is 13.0 Å². The van der Waals surface area contributed by atoms with Crippen molar-refractivity contribution in [1.82, 2.24) is 19.9 Å². The average molecular weight is 374 g/mol. The molecule has 0 N–H and O–H groups in total. The van der Waals surface area contributed by atoms with Crippen molar-refractivity contribution >= 4 is 17.2 Å². The number of amides is 1. The molecular formula is C15H17F3N4O2S. The highest BCUT2D eigenvalue weighted by Gasteiger charge is 2.37. The monoisotopic (exact) mass is 374 g/mol. The number of hydrogen-bond acceptors (Lipinski definition) is 6. The van der Waals surface area contributed by atoms with E-state index in [1.807, 2.05) is 22.4 Å². The van der Waals surface area contributed by atoms with Crippen LogP contribution in [0.15, 0.2) is 22.0 Å². The zero-order valence-corrected chi connectivity index (χ0v) is 14.1. The molecule has 0 unspecified atom stereocenters. The summed E-state index contributed by atoms with van der Waals surface area (Å²) in [7, 11) is 0. The SMILES string of the molecule is O=C(Cc1cccs1)N1CCCN(Cc2nc(C(F)(F)F)no2)CC1. The second kappa shape index (κ2) is 7.52. The number of aromatic nitrogens is 2. The van der Waals surface area contributed by atoms with Gasteiger partial charge in [-0.2, -0.15) is 18.2 Å². The Hall–Kier alpha value is -1.94. The molecule has 1 saturated heterocycles. The molecule has 0 spiro atoms. The van der Waals surface area contributed by atoms with Gasteiger partial charge in [-0.25, -0.2) is 0 Å². The van der Waals surface area contributed by atoms with Crippen molar-refractivity contribution in [3.63, 3.8) is 0 Å². The van der Waals surface area contributed by atoms with Gasteiger partial charge in [0.25, 0.3) is 5.82 Å². The first kappa shape index (κ1) is 17.9. The maximum atomic E-state index is 12.5. The minimum absolute atomic E-state index is 0.0642. The average Bonchev–Trinajstić information content (AvgIpc) is 3.16. The number of alkyl halides is 3. The summed E-state index contributed by atoms with van der Waals surface area (Å²) in [6.07, 6.45) is -3.47. The molecule has 2 aromatic rings. The van der Waals surface area contributed by atoms with Crippen LogP contribution in [0.3, 0.4) is 0 Å². The van der Waals surface area contributed by atoms with E-state index in [4.69, 9.17) is 0 Å². The summed E-state index contributed by atoms with van der Waals surface area (Å²) in [5, 5.41) is 4.90. The highest BCUT2D eigenvalue weighted by atomic mass is 32.1. The fourth-order valence-electron chi connectivity index (χ4n) is 2.68. The standard InChI is InChI=1S/C15H17F3N4O2S/c16-15(17,18)14-19-12(24-20-14)10-21-4-2-5-22(7-6-21)13(23)9-11-3-1-8-25-11/h1,3,8H,2,4-7,9-10H2. The predicted octanol–water partition coefficient (Wildman–Crippen LogP) is 2.43. The van der Waals surface area contributed by atoms with Crippen molar-refractivity contribution in [2.75, 3.05) is 26.2 Å². The maximum absolute atomic E-state index is 12.5. The molecule has 3 rings (SSSR count). The minimum Gasteiger partial charge on any atom is -0.341 e. The predicted molar refractivity (Wildman–Crippen MR) is 83.8 cm³/mol. The van der Waals surface area contributed by atoms with E-state index in [2.05, 4.69) is 14.7 Å². The Kier molecular flexibility index (Phi) is 5.38. The van der Waals surface area contributed by atoms with E-state index in [-0.39, 0.29) is 18.3 Å². The van der Waals surface area contributed by atoms with E-state index in [1.54, 1.807) is 16.2 Å². The first-order valence-corrected chi connectivity index (χ1v) is 8.72. The van der Waals surface area contributed by atoms with Gasteiger partial charge in [0, 0.05) is 31.1 Å². The van der Waals surface area contributed by atoms with E-state index in [0.717, 1.165) is 11.3 Å². The molecule has 2 aromatic heterocycles. The Labute approximate surface area is 146 Å². The second-order valence-electron chi connectivity index (χ2n) is 5.78. The number of nitrogens with zero attached hydrogens (tertiary/aromatic N) is 4. The third-order valence-corrected chi connectivity index (χ3v) is 4.80. The van der Waals surface area contributed by atoms with Crippen molar-refractivity contribution in [2.24, 2.45) is 0 Å². The van der Waals surface area contributed by atoms with Crippen LogP contribution in [0, 0.1) is 0 Å². The van der Waals surface area contributed by atoms with Gasteiger partial charge in [-0.1, -0.05) is 11.2 Å². The first-order chi connectivity index (χ1) is 11.9. The highest BCUT2D eigenvalue weighted by Crippen LogP contribution is 2.26. The highest BCUT2D eigenvalue weighted by molar-refractivity contribution is 7.10. The van der Waals surface area contributed by atoms with Crippen LogP contribution < -0.4 is 0 Å². The topological polar surface area (TPSA) is 62.5 Å². The van der Waals surface area contributed by atoms with E-state index in [1.165, 1.54) is 0 Å². The summed E-state index contributed by atoms with van der Waals surface area (Å²) in [5.41, 5.74) is 0. The zero-order valence-electron chi connectivity index (χ0n) is 13.3. The summed E-state index contributed by atoms with van der Waals surface area (Å²) in [6, 6.07) is 3.84. The molecule has 1 aliphatic rings. The molecule has 10 heteroatoms. The van der Waals surface area contributed by atoms with E-state index in [9.17, 15) is 18.0 Å². The van der Waals surface area contributed by atoms with E-state index >= 15 is 0 Å². The number of carbonyl (C=O) groups excluding carboxylic acids is 1. The third-order valence-electron chi connectivity index (χ3n) is 3.93. The Morgan fingerprint density at radius 3 is 2.80 bits per heavy atom. The summed E-state index contributed by atoms with van der Waals surface area (Å²) in [4.78, 5) is 20.5. The lowest BCUT2D eigenvalue weighted by Crippen LogP contribution is -2.35. The van der Waals surface area contributed by atoms with Crippen molar-refractivity contribution < 1.29 is 22.5 Å². The fraction of sp³-hybridized carbons (Fsp3) is 0.533. The first-order valence-electron chi connectivity index (χ1n) is 7.84. The lowest BCUT2D eigenvalue weighted by molar-refractivity contribution is -0.146. The van der Waals surface area contributed by atoms with Gasteiger partial charge in [-0.15, -0.1) is 11.3 Å². The smallest absolute Gasteiger partial charge is 0.341 e. The molecular weight excluding hydrogens is 357 g/mol. The Morgan fingerprint density at radius 1 is 1.28 bits per heavy atom. The Balaban J connectivity index is 1.53. The van der Waals surface area contributed by atoms with Gasteiger partial charge >= 0.3 is 6.18 Å². The van der Waals surface area contributed by atoms with Gasteiger partial charge in [0.1, 0.15) is 0 Å². The molecule has 25 heavy (non-hydrogen) atoms. The van der Waals surface area contributed by atoms with Crippen molar-refractivity contribution in [1.29, 1.82) is 0 Å². The van der Waals surface area contributed by atoms with Crippen LogP contribution >= 0.6 is 11.3 Å². The summed E-state index contributed by atoms with van der Waals surface area (Å²) < 4.78 is 42.2. The van der Waals surface area contributed by atoms with Gasteiger partial charge in [0.2, 0.25) is 11.8 Å². The molecule has 0 saturated carbocycles. The molecule has 1 aliphatic heterocycles. The maximum Gasteiger partial charge on any atom is 0.455 e. The molecule has 1 fully saturated rings. The van der Waals surface area contributed by atoms with Crippen molar-refractivity contribution in [3.8, 4) is 0 Å². The largest absolute Gasteiger partial charge is 0.455 e. The quantitative estimate of drug-likeness (QED) is 0.823. The van der Waals surface area contributed by atoms with Crippen molar-refractivity contribution in [3.05, 3.63) is 34.1 Å². The zero-order chi connectivity index (χ0) is 17.9. The molecule has 1 amide bonds.